The highest BCUT2D eigenvalue weighted by molar-refractivity contribution is 6.26. The molecule has 4 rings (SSSR count). The summed E-state index contributed by atoms with van der Waals surface area (Å²) >= 11 is 0. The summed E-state index contributed by atoms with van der Waals surface area (Å²) in [7, 11) is 2.34. The second kappa shape index (κ2) is 9.17. The quantitative estimate of drug-likeness (QED) is 0.450. The fraction of sp³-hybridized carbons (Fsp3) is 0.800. The molecule has 2 heterocycles. The van der Waals surface area contributed by atoms with E-state index in [0.717, 1.165) is 23.8 Å². The van der Waals surface area contributed by atoms with Gasteiger partial charge in [-0.15, -0.1) is 0 Å². The zero-order valence-corrected chi connectivity index (χ0v) is 16.3. The fourth-order valence-corrected chi connectivity index (χ4v) is 5.17. The molecule has 1 saturated carbocycles. The van der Waals surface area contributed by atoms with Gasteiger partial charge in [-0.05, 0) is 56.5 Å². The van der Waals surface area contributed by atoms with Crippen molar-refractivity contribution in [2.75, 3.05) is 52.9 Å². The number of carboxylic acid groups (broad SMARTS) is 2. The SMILES string of the molecule is C[NH+]1CCN(C2CCN(CC3CC4C=CC3C4)CC2)CC1.O=C([O-])C(=O)O. The van der Waals surface area contributed by atoms with E-state index in [0.29, 0.717) is 0 Å². The number of rotatable bonds is 3. The molecule has 152 valence electrons. The highest BCUT2D eigenvalue weighted by Gasteiger charge is 2.37. The number of nitrogens with one attached hydrogen (secondary N) is 1. The lowest BCUT2D eigenvalue weighted by molar-refractivity contribution is -0.884. The summed E-state index contributed by atoms with van der Waals surface area (Å²) in [5, 5.41) is 16.3. The number of nitrogens with zero attached hydrogens (tertiary/aromatic N) is 2. The molecule has 3 unspecified atom stereocenters. The van der Waals surface area contributed by atoms with E-state index >= 15 is 0 Å². The van der Waals surface area contributed by atoms with Crippen LogP contribution in [0, 0.1) is 17.8 Å². The molecule has 3 fully saturated rings. The molecule has 7 nitrogen and oxygen atoms in total. The van der Waals surface area contributed by atoms with Gasteiger partial charge in [0.25, 0.3) is 0 Å². The molecule has 0 amide bonds. The number of aliphatic carboxylic acids is 2. The average molecular weight is 380 g/mol. The maximum absolute atomic E-state index is 9.04. The summed E-state index contributed by atoms with van der Waals surface area (Å²) in [6.07, 6.45) is 10.7. The van der Waals surface area contributed by atoms with Gasteiger partial charge in [0.15, 0.2) is 5.97 Å². The molecule has 2 aliphatic heterocycles. The highest BCUT2D eigenvalue weighted by Crippen LogP contribution is 2.43. The van der Waals surface area contributed by atoms with Crippen LogP contribution >= 0.6 is 0 Å². The van der Waals surface area contributed by atoms with Gasteiger partial charge < -0.3 is 24.8 Å². The Morgan fingerprint density at radius 1 is 1.11 bits per heavy atom. The molecule has 7 heteroatoms. The summed E-state index contributed by atoms with van der Waals surface area (Å²) < 4.78 is 0. The predicted octanol–water partition coefficient (Wildman–Crippen LogP) is -1.69. The number of piperidine rings is 1. The number of carbonyl (C=O) groups is 2. The van der Waals surface area contributed by atoms with Gasteiger partial charge in [0.2, 0.25) is 0 Å². The minimum absolute atomic E-state index is 0.884. The standard InChI is InChI=1S/C18H31N3.C2H2O4/c1-19-8-10-21(11-9-19)18-4-6-20(7-5-18)14-17-13-15-2-3-16(17)12-15;3-1(4)2(5)6/h2-3,15-18H,4-14H2,1H3;(H,3,4)(H,5,6). The topological polar surface area (TPSA) is 88.4 Å². The van der Waals surface area contributed by atoms with Crippen LogP contribution in [-0.2, 0) is 9.59 Å². The summed E-state index contributed by atoms with van der Waals surface area (Å²) in [5.41, 5.74) is 0. The number of hydrogen-bond acceptors (Lipinski definition) is 5. The largest absolute Gasteiger partial charge is 0.539 e. The minimum atomic E-state index is -2.07. The molecule has 0 aromatic rings. The van der Waals surface area contributed by atoms with Crippen LogP contribution in [0.25, 0.3) is 0 Å². The van der Waals surface area contributed by atoms with Crippen molar-refractivity contribution >= 4 is 11.9 Å². The van der Waals surface area contributed by atoms with Crippen LogP contribution in [0.15, 0.2) is 12.2 Å². The molecule has 2 bridgehead atoms. The molecule has 27 heavy (non-hydrogen) atoms. The Labute approximate surface area is 161 Å². The maximum atomic E-state index is 9.04. The van der Waals surface area contributed by atoms with E-state index in [-0.39, 0.29) is 0 Å². The van der Waals surface area contributed by atoms with Crippen LogP contribution in [0.5, 0.6) is 0 Å². The van der Waals surface area contributed by atoms with Crippen molar-refractivity contribution in [3.63, 3.8) is 0 Å². The lowest BCUT2D eigenvalue weighted by Gasteiger charge is -2.41. The first kappa shape index (κ1) is 20.3. The Hall–Kier alpha value is -1.44. The van der Waals surface area contributed by atoms with E-state index in [2.05, 4.69) is 29.0 Å². The minimum Gasteiger partial charge on any atom is -0.539 e. The number of allylic oxidation sites excluding steroid dienone is 2. The smallest absolute Gasteiger partial charge is 0.351 e. The number of carboxylic acids is 2. The molecule has 4 aliphatic rings. The summed E-state index contributed by atoms with van der Waals surface area (Å²) in [4.78, 5) is 25.3. The van der Waals surface area contributed by atoms with Crippen LogP contribution in [0.3, 0.4) is 0 Å². The van der Waals surface area contributed by atoms with Gasteiger partial charge >= 0.3 is 5.97 Å². The molecule has 2 N–H and O–H groups in total. The number of likely N-dealkylation sites (tertiary alicyclic amines) is 1. The maximum Gasteiger partial charge on any atom is 0.351 e. The van der Waals surface area contributed by atoms with E-state index in [1.807, 2.05) is 0 Å². The van der Waals surface area contributed by atoms with Crippen LogP contribution in [-0.4, -0.2) is 85.7 Å². The second-order valence-electron chi connectivity index (χ2n) is 8.66. The Morgan fingerprint density at radius 2 is 1.74 bits per heavy atom. The Bertz CT molecular complexity index is 539. The average Bonchev–Trinajstić information content (AvgIpc) is 3.27. The van der Waals surface area contributed by atoms with E-state index < -0.39 is 11.9 Å². The zero-order valence-electron chi connectivity index (χ0n) is 16.3. The fourth-order valence-electron chi connectivity index (χ4n) is 5.17. The lowest BCUT2D eigenvalue weighted by Crippen LogP contribution is -3.12. The number of carbonyl (C=O) groups excluding carboxylic acids is 1. The molecule has 0 aromatic heterocycles. The molecule has 2 aliphatic carbocycles. The third kappa shape index (κ3) is 5.53. The first-order valence-electron chi connectivity index (χ1n) is 10.3. The van der Waals surface area contributed by atoms with Gasteiger partial charge in [0.1, 0.15) is 0 Å². The van der Waals surface area contributed by atoms with E-state index in [4.69, 9.17) is 19.8 Å². The van der Waals surface area contributed by atoms with Gasteiger partial charge in [0.05, 0.1) is 20.1 Å². The first-order chi connectivity index (χ1) is 12.9. The van der Waals surface area contributed by atoms with Crippen LogP contribution in [0.2, 0.25) is 0 Å². The normalized spacial score (nSPS) is 32.3. The highest BCUT2D eigenvalue weighted by atomic mass is 16.4. The summed E-state index contributed by atoms with van der Waals surface area (Å²) in [6, 6.07) is 0.884. The Morgan fingerprint density at radius 3 is 2.22 bits per heavy atom. The Balaban J connectivity index is 0.000000307. The molecule has 0 spiro atoms. The molecular weight excluding hydrogens is 346 g/mol. The zero-order chi connectivity index (χ0) is 19.4. The number of quaternary nitrogens is 1. The van der Waals surface area contributed by atoms with Crippen LogP contribution < -0.4 is 10.0 Å². The summed E-state index contributed by atoms with van der Waals surface area (Å²) in [5.74, 6) is -1.17. The van der Waals surface area contributed by atoms with Crippen LogP contribution in [0.4, 0.5) is 0 Å². The van der Waals surface area contributed by atoms with E-state index in [1.165, 1.54) is 71.5 Å². The monoisotopic (exact) mass is 379 g/mol. The van der Waals surface area contributed by atoms with Crippen molar-refractivity contribution < 1.29 is 24.7 Å². The first-order valence-corrected chi connectivity index (χ1v) is 10.3. The number of hydrogen-bond donors (Lipinski definition) is 2. The van der Waals surface area contributed by atoms with Gasteiger partial charge in [0, 0.05) is 25.7 Å². The van der Waals surface area contributed by atoms with Gasteiger partial charge in [-0.25, -0.2) is 4.79 Å². The molecule has 2 saturated heterocycles. The molecule has 0 radical (unpaired) electrons. The predicted molar refractivity (Wildman–Crippen MR) is 99.1 cm³/mol. The van der Waals surface area contributed by atoms with Crippen molar-refractivity contribution in [2.45, 2.75) is 31.7 Å². The van der Waals surface area contributed by atoms with Crippen molar-refractivity contribution in [2.24, 2.45) is 17.8 Å². The van der Waals surface area contributed by atoms with Gasteiger partial charge in [-0.3, -0.25) is 4.90 Å². The van der Waals surface area contributed by atoms with Crippen LogP contribution in [0.1, 0.15) is 25.7 Å². The third-order valence-corrected chi connectivity index (χ3v) is 6.81. The molecule has 0 aromatic carbocycles. The van der Waals surface area contributed by atoms with E-state index in [9.17, 15) is 0 Å². The van der Waals surface area contributed by atoms with Crippen molar-refractivity contribution in [3.8, 4) is 0 Å². The summed E-state index contributed by atoms with van der Waals surface area (Å²) in [6.45, 7) is 9.42. The second-order valence-corrected chi connectivity index (χ2v) is 8.66. The van der Waals surface area contributed by atoms with Gasteiger partial charge in [-0.2, -0.15) is 0 Å². The Kier molecular flexibility index (Phi) is 6.89. The van der Waals surface area contributed by atoms with Crippen molar-refractivity contribution in [1.82, 2.24) is 9.80 Å². The molecular formula is C20H33N3O4. The molecule has 3 atom stereocenters. The van der Waals surface area contributed by atoms with Gasteiger partial charge in [-0.1, -0.05) is 12.2 Å². The van der Waals surface area contributed by atoms with Crippen molar-refractivity contribution in [3.05, 3.63) is 12.2 Å². The number of likely N-dealkylation sites (N-methyl/N-ethyl adjacent to an activating group) is 1. The number of piperazine rings is 1. The van der Waals surface area contributed by atoms with Crippen molar-refractivity contribution in [1.29, 1.82) is 0 Å². The third-order valence-electron chi connectivity index (χ3n) is 6.81. The lowest BCUT2D eigenvalue weighted by atomic mass is 9.92. The van der Waals surface area contributed by atoms with E-state index in [1.54, 1.807) is 4.90 Å². The number of fused-ring (bicyclic) bond motifs is 2.